The lowest BCUT2D eigenvalue weighted by Gasteiger charge is -2.29. The molecule has 1 saturated carbocycles. The van der Waals surface area contributed by atoms with E-state index in [4.69, 9.17) is 14.7 Å². The summed E-state index contributed by atoms with van der Waals surface area (Å²) >= 11 is 0. The SMILES string of the molecule is COC(=O)C1(C(=O)OC)CCCC1CCC#N. The zero-order valence-electron chi connectivity index (χ0n) is 10.2. The van der Waals surface area contributed by atoms with Crippen LogP contribution in [-0.2, 0) is 19.1 Å². The molecule has 1 aliphatic carbocycles. The van der Waals surface area contributed by atoms with E-state index in [0.29, 0.717) is 19.3 Å². The lowest BCUT2D eigenvalue weighted by atomic mass is 9.75. The summed E-state index contributed by atoms with van der Waals surface area (Å²) in [5, 5.41) is 8.61. The zero-order chi connectivity index (χ0) is 12.9. The minimum absolute atomic E-state index is 0.151. The second-order valence-corrected chi connectivity index (χ2v) is 4.24. The first kappa shape index (κ1) is 13.5. The molecule has 1 rings (SSSR count). The van der Waals surface area contributed by atoms with Crippen molar-refractivity contribution >= 4 is 11.9 Å². The highest BCUT2D eigenvalue weighted by atomic mass is 16.5. The minimum atomic E-state index is -1.19. The van der Waals surface area contributed by atoms with Crippen molar-refractivity contribution in [2.45, 2.75) is 32.1 Å². The average molecular weight is 239 g/mol. The van der Waals surface area contributed by atoms with E-state index in [-0.39, 0.29) is 5.92 Å². The molecule has 0 aromatic heterocycles. The number of esters is 2. The first-order chi connectivity index (χ1) is 8.13. The molecule has 0 aromatic rings. The predicted octanol–water partition coefficient (Wildman–Crippen LogP) is 1.42. The Balaban J connectivity index is 3.00. The Labute approximate surface area is 101 Å². The van der Waals surface area contributed by atoms with Crippen molar-refractivity contribution in [2.75, 3.05) is 14.2 Å². The van der Waals surface area contributed by atoms with Crippen molar-refractivity contribution in [3.05, 3.63) is 0 Å². The maximum absolute atomic E-state index is 11.9. The second kappa shape index (κ2) is 5.67. The largest absolute Gasteiger partial charge is 0.468 e. The van der Waals surface area contributed by atoms with Gasteiger partial charge in [-0.15, -0.1) is 0 Å². The number of rotatable bonds is 4. The lowest BCUT2D eigenvalue weighted by Crippen LogP contribution is -2.44. The van der Waals surface area contributed by atoms with Gasteiger partial charge in [0.1, 0.15) is 0 Å². The van der Waals surface area contributed by atoms with E-state index in [1.165, 1.54) is 14.2 Å². The summed E-state index contributed by atoms with van der Waals surface area (Å²) < 4.78 is 9.50. The van der Waals surface area contributed by atoms with E-state index in [9.17, 15) is 9.59 Å². The molecule has 0 amide bonds. The van der Waals surface area contributed by atoms with Crippen LogP contribution in [0.25, 0.3) is 0 Å². The fourth-order valence-electron chi connectivity index (χ4n) is 2.69. The fraction of sp³-hybridized carbons (Fsp3) is 0.750. The number of ether oxygens (including phenoxy) is 2. The number of nitrogens with zero attached hydrogens (tertiary/aromatic N) is 1. The monoisotopic (exact) mass is 239 g/mol. The molecule has 17 heavy (non-hydrogen) atoms. The summed E-state index contributed by atoms with van der Waals surface area (Å²) in [4.78, 5) is 23.8. The van der Waals surface area contributed by atoms with Crippen molar-refractivity contribution in [2.24, 2.45) is 11.3 Å². The third-order valence-electron chi connectivity index (χ3n) is 3.52. The van der Waals surface area contributed by atoms with Crippen LogP contribution in [0.1, 0.15) is 32.1 Å². The zero-order valence-corrected chi connectivity index (χ0v) is 10.2. The van der Waals surface area contributed by atoms with Crippen LogP contribution in [0, 0.1) is 22.7 Å². The molecule has 1 aliphatic rings. The molecular formula is C12H17NO4. The maximum atomic E-state index is 11.9. The topological polar surface area (TPSA) is 76.4 Å². The van der Waals surface area contributed by atoms with Gasteiger partial charge in [-0.1, -0.05) is 6.42 Å². The highest BCUT2D eigenvalue weighted by molar-refractivity contribution is 6.00. The number of hydrogen-bond acceptors (Lipinski definition) is 5. The molecule has 0 aromatic carbocycles. The molecule has 0 bridgehead atoms. The highest BCUT2D eigenvalue weighted by Crippen LogP contribution is 2.47. The quantitative estimate of drug-likeness (QED) is 0.547. The Bertz CT molecular complexity index is 329. The van der Waals surface area contributed by atoms with Gasteiger partial charge in [0.05, 0.1) is 20.3 Å². The van der Waals surface area contributed by atoms with E-state index in [0.717, 1.165) is 12.8 Å². The van der Waals surface area contributed by atoms with E-state index >= 15 is 0 Å². The van der Waals surface area contributed by atoms with Crippen LogP contribution in [0.15, 0.2) is 0 Å². The molecule has 0 N–H and O–H groups in total. The van der Waals surface area contributed by atoms with Gasteiger partial charge in [-0.3, -0.25) is 9.59 Å². The van der Waals surface area contributed by atoms with Crippen LogP contribution in [0.5, 0.6) is 0 Å². The number of carbonyl (C=O) groups excluding carboxylic acids is 2. The van der Waals surface area contributed by atoms with Gasteiger partial charge in [0.2, 0.25) is 0 Å². The molecule has 1 unspecified atom stereocenters. The van der Waals surface area contributed by atoms with Crippen LogP contribution in [0.4, 0.5) is 0 Å². The molecule has 0 spiro atoms. The lowest BCUT2D eigenvalue weighted by molar-refractivity contribution is -0.172. The molecule has 0 aliphatic heterocycles. The third-order valence-corrected chi connectivity index (χ3v) is 3.52. The Morgan fingerprint density at radius 2 is 1.94 bits per heavy atom. The van der Waals surface area contributed by atoms with Crippen LogP contribution in [-0.4, -0.2) is 26.2 Å². The first-order valence-corrected chi connectivity index (χ1v) is 5.67. The molecule has 0 heterocycles. The summed E-state index contributed by atoms with van der Waals surface area (Å²) in [6, 6.07) is 2.04. The Kier molecular flexibility index (Phi) is 4.50. The number of hydrogen-bond donors (Lipinski definition) is 0. The van der Waals surface area contributed by atoms with Gasteiger partial charge in [0.25, 0.3) is 0 Å². The van der Waals surface area contributed by atoms with Gasteiger partial charge in [0.15, 0.2) is 5.41 Å². The smallest absolute Gasteiger partial charge is 0.323 e. The highest BCUT2D eigenvalue weighted by Gasteiger charge is 2.56. The third kappa shape index (κ3) is 2.26. The van der Waals surface area contributed by atoms with Crippen LogP contribution >= 0.6 is 0 Å². The van der Waals surface area contributed by atoms with Gasteiger partial charge in [0, 0.05) is 6.42 Å². The number of carbonyl (C=O) groups is 2. The standard InChI is InChI=1S/C12H17NO4/c1-16-10(14)12(11(15)17-2)7-3-5-9(12)6-4-8-13/h9H,3-7H2,1-2H3. The van der Waals surface area contributed by atoms with Crippen LogP contribution in [0.2, 0.25) is 0 Å². The summed E-state index contributed by atoms with van der Waals surface area (Å²) in [6.45, 7) is 0. The molecule has 0 radical (unpaired) electrons. The summed E-state index contributed by atoms with van der Waals surface area (Å²) in [5.74, 6) is -1.23. The van der Waals surface area contributed by atoms with E-state index in [1.54, 1.807) is 0 Å². The van der Waals surface area contributed by atoms with Crippen LogP contribution in [0.3, 0.4) is 0 Å². The molecule has 1 fully saturated rings. The van der Waals surface area contributed by atoms with E-state index < -0.39 is 17.4 Å². The molecular weight excluding hydrogens is 222 g/mol. The average Bonchev–Trinajstić information content (AvgIpc) is 2.78. The molecule has 5 nitrogen and oxygen atoms in total. The number of methoxy groups -OCH3 is 2. The van der Waals surface area contributed by atoms with Crippen LogP contribution < -0.4 is 0 Å². The second-order valence-electron chi connectivity index (χ2n) is 4.24. The fourth-order valence-corrected chi connectivity index (χ4v) is 2.69. The molecule has 94 valence electrons. The Morgan fingerprint density at radius 3 is 2.41 bits per heavy atom. The van der Waals surface area contributed by atoms with Gasteiger partial charge >= 0.3 is 11.9 Å². The molecule has 1 atom stereocenters. The summed E-state index contributed by atoms with van der Waals surface area (Å²) in [5.41, 5.74) is -1.19. The summed E-state index contributed by atoms with van der Waals surface area (Å²) in [6.07, 6.45) is 2.84. The summed E-state index contributed by atoms with van der Waals surface area (Å²) in [7, 11) is 2.54. The maximum Gasteiger partial charge on any atom is 0.323 e. The van der Waals surface area contributed by atoms with E-state index in [1.807, 2.05) is 6.07 Å². The molecule has 5 heteroatoms. The van der Waals surface area contributed by atoms with Crippen molar-refractivity contribution < 1.29 is 19.1 Å². The van der Waals surface area contributed by atoms with Crippen molar-refractivity contribution in [1.82, 2.24) is 0 Å². The first-order valence-electron chi connectivity index (χ1n) is 5.67. The number of nitriles is 1. The molecule has 0 saturated heterocycles. The predicted molar refractivity (Wildman–Crippen MR) is 58.7 cm³/mol. The Morgan fingerprint density at radius 1 is 1.35 bits per heavy atom. The van der Waals surface area contributed by atoms with Gasteiger partial charge < -0.3 is 9.47 Å². The van der Waals surface area contributed by atoms with Gasteiger partial charge in [-0.2, -0.15) is 5.26 Å². The van der Waals surface area contributed by atoms with Crippen molar-refractivity contribution in [3.63, 3.8) is 0 Å². The van der Waals surface area contributed by atoms with Gasteiger partial charge in [-0.05, 0) is 25.2 Å². The normalized spacial score (nSPS) is 21.6. The minimum Gasteiger partial charge on any atom is -0.468 e. The van der Waals surface area contributed by atoms with E-state index in [2.05, 4.69) is 0 Å². The van der Waals surface area contributed by atoms with Crippen molar-refractivity contribution in [3.8, 4) is 6.07 Å². The van der Waals surface area contributed by atoms with Gasteiger partial charge in [-0.25, -0.2) is 0 Å². The Hall–Kier alpha value is -1.57. The van der Waals surface area contributed by atoms with Crippen molar-refractivity contribution in [1.29, 1.82) is 5.26 Å².